The van der Waals surface area contributed by atoms with Crippen LogP contribution in [0.1, 0.15) is 34.0 Å². The number of anilines is 1. The van der Waals surface area contributed by atoms with Gasteiger partial charge in [0, 0.05) is 49.5 Å². The van der Waals surface area contributed by atoms with Crippen LogP contribution >= 0.6 is 0 Å². The van der Waals surface area contributed by atoms with E-state index in [4.69, 9.17) is 15.0 Å². The molecule has 2 aliphatic rings. The van der Waals surface area contributed by atoms with E-state index in [1.165, 1.54) is 17.5 Å². The van der Waals surface area contributed by atoms with E-state index < -0.39 is 5.91 Å². The van der Waals surface area contributed by atoms with Crippen molar-refractivity contribution < 1.29 is 14.1 Å². The van der Waals surface area contributed by atoms with Crippen molar-refractivity contribution in [2.75, 3.05) is 44.2 Å². The van der Waals surface area contributed by atoms with Crippen LogP contribution in [0.5, 0.6) is 0 Å². The molecule has 1 aromatic heterocycles. The van der Waals surface area contributed by atoms with Crippen LogP contribution in [0.25, 0.3) is 11.5 Å². The van der Waals surface area contributed by atoms with Crippen LogP contribution in [0, 0.1) is 0 Å². The molecule has 3 aromatic rings. The fourth-order valence-corrected chi connectivity index (χ4v) is 4.58. The molecule has 1 saturated heterocycles. The number of aromatic nitrogens is 2. The minimum Gasteiger partial charge on any atom is -0.373 e. The van der Waals surface area contributed by atoms with E-state index in [9.17, 15) is 4.79 Å². The number of hydrogen-bond acceptors (Lipinski definition) is 7. The number of primary amides is 1. The summed E-state index contributed by atoms with van der Waals surface area (Å²) in [6, 6.07) is 13.9. The maximum Gasteiger partial charge on any atom is 0.257 e. The molecule has 1 unspecified atom stereocenters. The molecule has 8 heteroatoms. The molecule has 0 bridgehead atoms. The molecule has 2 aliphatic heterocycles. The largest absolute Gasteiger partial charge is 0.373 e. The third kappa shape index (κ3) is 4.37. The first-order valence-electron chi connectivity index (χ1n) is 11.1. The maximum absolute atomic E-state index is 11.3. The Kier molecular flexibility index (Phi) is 5.87. The van der Waals surface area contributed by atoms with Gasteiger partial charge in [0.15, 0.2) is 6.33 Å². The van der Waals surface area contributed by atoms with E-state index in [1.54, 1.807) is 12.1 Å². The zero-order chi connectivity index (χ0) is 21.9. The number of ether oxygens (including phenoxy) is 1. The lowest BCUT2D eigenvalue weighted by molar-refractivity contribution is 0.0289. The summed E-state index contributed by atoms with van der Waals surface area (Å²) in [4.78, 5) is 20.3. The Morgan fingerprint density at radius 2 is 1.91 bits per heavy atom. The molecule has 1 atom stereocenters. The highest BCUT2D eigenvalue weighted by Gasteiger charge is 2.24. The van der Waals surface area contributed by atoms with Gasteiger partial charge in [0.05, 0.1) is 12.7 Å². The molecule has 2 aromatic carbocycles. The Morgan fingerprint density at radius 1 is 1.09 bits per heavy atom. The number of carbonyl (C=O) groups excluding carboxylic acids is 1. The normalized spacial score (nSPS) is 19.0. The summed E-state index contributed by atoms with van der Waals surface area (Å²) in [6.45, 7) is 5.68. The van der Waals surface area contributed by atoms with Crippen LogP contribution in [0.2, 0.25) is 0 Å². The van der Waals surface area contributed by atoms with E-state index in [2.05, 4.69) is 32.1 Å². The number of rotatable bonds is 6. The Morgan fingerprint density at radius 3 is 2.62 bits per heavy atom. The first kappa shape index (κ1) is 20.7. The highest BCUT2D eigenvalue weighted by molar-refractivity contribution is 5.93. The molecule has 0 saturated carbocycles. The van der Waals surface area contributed by atoms with Crippen molar-refractivity contribution in [2.45, 2.75) is 18.9 Å². The number of carbonyl (C=O) groups is 1. The van der Waals surface area contributed by atoms with E-state index >= 15 is 0 Å². The number of nitrogens with two attached hydrogens (primary N) is 1. The Labute approximate surface area is 187 Å². The number of hydrogen-bond donors (Lipinski definition) is 1. The lowest BCUT2D eigenvalue weighted by atomic mass is 9.93. The topological polar surface area (TPSA) is 97.7 Å². The lowest BCUT2D eigenvalue weighted by Crippen LogP contribution is -2.47. The number of nitrogens with zero attached hydrogens (tertiary/aromatic N) is 4. The van der Waals surface area contributed by atoms with Crippen molar-refractivity contribution in [2.24, 2.45) is 5.73 Å². The summed E-state index contributed by atoms with van der Waals surface area (Å²) < 4.78 is 11.3. The van der Waals surface area contributed by atoms with E-state index in [1.807, 2.05) is 18.2 Å². The molecule has 1 fully saturated rings. The van der Waals surface area contributed by atoms with Gasteiger partial charge in [-0.2, -0.15) is 4.98 Å². The highest BCUT2D eigenvalue weighted by atomic mass is 16.5. The van der Waals surface area contributed by atoms with Gasteiger partial charge >= 0.3 is 0 Å². The van der Waals surface area contributed by atoms with Crippen molar-refractivity contribution in [1.29, 1.82) is 0 Å². The maximum atomic E-state index is 11.3. The predicted octanol–water partition coefficient (Wildman–Crippen LogP) is 2.66. The fraction of sp³-hybridized carbons (Fsp3) is 0.375. The van der Waals surface area contributed by atoms with Crippen LogP contribution < -0.4 is 10.6 Å². The summed E-state index contributed by atoms with van der Waals surface area (Å²) in [7, 11) is 0. The lowest BCUT2D eigenvalue weighted by Gasteiger charge is -2.37. The molecule has 8 nitrogen and oxygen atoms in total. The molecule has 3 heterocycles. The molecule has 32 heavy (non-hydrogen) atoms. The van der Waals surface area contributed by atoms with Crippen LogP contribution in [0.15, 0.2) is 53.3 Å². The second kappa shape index (κ2) is 9.10. The van der Waals surface area contributed by atoms with E-state index in [-0.39, 0.29) is 6.10 Å². The number of amides is 1. The van der Waals surface area contributed by atoms with Gasteiger partial charge in [0.25, 0.3) is 5.89 Å². The van der Waals surface area contributed by atoms with Crippen LogP contribution in [-0.2, 0) is 11.2 Å². The molecule has 166 valence electrons. The van der Waals surface area contributed by atoms with Gasteiger partial charge in [-0.1, -0.05) is 11.2 Å². The van der Waals surface area contributed by atoms with Crippen molar-refractivity contribution >= 4 is 11.6 Å². The van der Waals surface area contributed by atoms with Crippen LogP contribution in [0.3, 0.4) is 0 Å². The van der Waals surface area contributed by atoms with Gasteiger partial charge in [0.2, 0.25) is 5.91 Å². The predicted molar refractivity (Wildman–Crippen MR) is 120 cm³/mol. The van der Waals surface area contributed by atoms with Crippen molar-refractivity contribution in [3.8, 4) is 11.5 Å². The molecule has 5 rings (SSSR count). The fourth-order valence-electron chi connectivity index (χ4n) is 4.58. The van der Waals surface area contributed by atoms with Crippen molar-refractivity contribution in [1.82, 2.24) is 15.0 Å². The van der Waals surface area contributed by atoms with Crippen LogP contribution in [0.4, 0.5) is 5.69 Å². The molecular weight excluding hydrogens is 406 g/mol. The average molecular weight is 434 g/mol. The second-order valence-corrected chi connectivity index (χ2v) is 8.30. The Bertz CT molecular complexity index is 1060. The first-order chi connectivity index (χ1) is 15.7. The quantitative estimate of drug-likeness (QED) is 0.638. The molecule has 0 aliphatic carbocycles. The molecular formula is C24H27N5O3. The monoisotopic (exact) mass is 433 g/mol. The Hall–Kier alpha value is -3.23. The summed E-state index contributed by atoms with van der Waals surface area (Å²) in [5.41, 5.74) is 10.6. The Balaban J connectivity index is 1.16. The van der Waals surface area contributed by atoms with Gasteiger partial charge in [-0.05, 0) is 60.4 Å². The number of fused-ring (bicyclic) bond motifs is 1. The van der Waals surface area contributed by atoms with Crippen molar-refractivity contribution in [3.63, 3.8) is 0 Å². The second-order valence-electron chi connectivity index (χ2n) is 8.30. The molecule has 0 spiro atoms. The van der Waals surface area contributed by atoms with E-state index in [0.29, 0.717) is 11.5 Å². The molecule has 0 radical (unpaired) electrons. The smallest absolute Gasteiger partial charge is 0.257 e. The van der Waals surface area contributed by atoms with Gasteiger partial charge in [-0.3, -0.25) is 9.69 Å². The average Bonchev–Trinajstić information content (AvgIpc) is 3.38. The highest BCUT2D eigenvalue weighted by Crippen LogP contribution is 2.32. The third-order valence-electron chi connectivity index (χ3n) is 6.39. The first-order valence-corrected chi connectivity index (χ1v) is 11.1. The summed E-state index contributed by atoms with van der Waals surface area (Å²) in [5, 5.41) is 3.70. The minimum atomic E-state index is -0.390. The molecule has 1 amide bonds. The standard InChI is InChI=1S/C24H27N5O3/c25-23(30)17-1-4-20(5-2-17)29-12-10-28(11-13-29)9-7-22-21-6-3-19(24-26-16-27-32-24)15-18(21)8-14-31-22/h1-6,15-16,22H,7-14H2,(H2,25,30). The zero-order valence-electron chi connectivity index (χ0n) is 17.9. The van der Waals surface area contributed by atoms with Crippen molar-refractivity contribution in [3.05, 3.63) is 65.5 Å². The molecule has 2 N–H and O–H groups in total. The van der Waals surface area contributed by atoms with Gasteiger partial charge in [-0.15, -0.1) is 0 Å². The number of piperazine rings is 1. The summed E-state index contributed by atoms with van der Waals surface area (Å²) >= 11 is 0. The van der Waals surface area contributed by atoms with Gasteiger partial charge < -0.3 is 19.9 Å². The van der Waals surface area contributed by atoms with E-state index in [0.717, 1.165) is 63.4 Å². The van der Waals surface area contributed by atoms with Gasteiger partial charge in [0.1, 0.15) is 0 Å². The number of benzene rings is 2. The SMILES string of the molecule is NC(=O)c1ccc(N2CCN(CCC3OCCc4cc(-c5ncno5)ccc43)CC2)cc1. The third-order valence-corrected chi connectivity index (χ3v) is 6.39. The summed E-state index contributed by atoms with van der Waals surface area (Å²) in [5.74, 6) is 0.164. The van der Waals surface area contributed by atoms with Gasteiger partial charge in [-0.25, -0.2) is 0 Å². The summed E-state index contributed by atoms with van der Waals surface area (Å²) in [6.07, 6.45) is 3.42. The minimum absolute atomic E-state index is 0.120. The van der Waals surface area contributed by atoms with Crippen LogP contribution in [-0.4, -0.2) is 60.3 Å². The zero-order valence-corrected chi connectivity index (χ0v) is 17.9.